The first kappa shape index (κ1) is 12.7. The first-order chi connectivity index (χ1) is 9.69. The highest BCUT2D eigenvalue weighted by molar-refractivity contribution is 6.06. The minimum absolute atomic E-state index is 0.101. The molecule has 0 spiro atoms. The number of carbonyl (C=O) groups is 2. The summed E-state index contributed by atoms with van der Waals surface area (Å²) in [5.41, 5.74) is 0.868. The second-order valence-electron chi connectivity index (χ2n) is 4.94. The van der Waals surface area contributed by atoms with Crippen molar-refractivity contribution in [3.63, 3.8) is 0 Å². The van der Waals surface area contributed by atoms with Crippen LogP contribution in [0.4, 0.5) is 5.69 Å². The summed E-state index contributed by atoms with van der Waals surface area (Å²) in [6.45, 7) is 2.25. The van der Waals surface area contributed by atoms with Crippen molar-refractivity contribution in [3.05, 3.63) is 42.5 Å². The van der Waals surface area contributed by atoms with Crippen molar-refractivity contribution in [2.45, 2.75) is 19.4 Å². The van der Waals surface area contributed by atoms with Gasteiger partial charge in [0.1, 0.15) is 6.04 Å². The molecule has 3 rings (SSSR count). The normalized spacial score (nSPS) is 18.9. The van der Waals surface area contributed by atoms with Crippen LogP contribution in [-0.2, 0) is 9.59 Å². The highest BCUT2D eigenvalue weighted by Crippen LogP contribution is 2.22. The fourth-order valence-electron chi connectivity index (χ4n) is 2.61. The van der Waals surface area contributed by atoms with Crippen LogP contribution >= 0.6 is 0 Å². The van der Waals surface area contributed by atoms with Gasteiger partial charge in [-0.2, -0.15) is 0 Å². The van der Waals surface area contributed by atoms with Crippen LogP contribution in [0.15, 0.2) is 42.5 Å². The lowest BCUT2D eigenvalue weighted by Crippen LogP contribution is -2.34. The lowest BCUT2D eigenvalue weighted by atomic mass is 10.1. The van der Waals surface area contributed by atoms with Crippen molar-refractivity contribution in [1.29, 1.82) is 0 Å². The summed E-state index contributed by atoms with van der Waals surface area (Å²) in [4.78, 5) is 25.1. The lowest BCUT2D eigenvalue weighted by molar-refractivity contribution is -0.138. The minimum atomic E-state index is -0.441. The molecule has 0 radical (unpaired) electrons. The van der Waals surface area contributed by atoms with Gasteiger partial charge >= 0.3 is 0 Å². The maximum Gasteiger partial charge on any atom is 0.252 e. The average Bonchev–Trinajstić information content (AvgIpc) is 2.73. The molecule has 0 aromatic heterocycles. The van der Waals surface area contributed by atoms with E-state index in [0.29, 0.717) is 6.54 Å². The summed E-state index contributed by atoms with van der Waals surface area (Å²) in [7, 11) is 0. The standard InChI is InChI=1S/C16H16N2O2/c1-2-18-15(19)10-14(16(18)20)17-13-8-7-11-5-3-4-6-12(11)9-13/h3-9,14,17H,2,10H2,1H3. The summed E-state index contributed by atoms with van der Waals surface area (Å²) in [5.74, 6) is -0.235. The Hall–Kier alpha value is -2.36. The Morgan fingerprint density at radius 3 is 2.60 bits per heavy atom. The van der Waals surface area contributed by atoms with Gasteiger partial charge in [-0.3, -0.25) is 14.5 Å². The predicted octanol–water partition coefficient (Wildman–Crippen LogP) is 2.40. The first-order valence-electron chi connectivity index (χ1n) is 6.78. The number of likely N-dealkylation sites (tertiary alicyclic amines) is 1. The van der Waals surface area contributed by atoms with E-state index in [4.69, 9.17) is 0 Å². The molecular formula is C16H16N2O2. The molecule has 2 amide bonds. The first-order valence-corrected chi connectivity index (χ1v) is 6.78. The van der Waals surface area contributed by atoms with Gasteiger partial charge in [-0.1, -0.05) is 30.3 Å². The van der Waals surface area contributed by atoms with Gasteiger partial charge < -0.3 is 5.32 Å². The van der Waals surface area contributed by atoms with E-state index < -0.39 is 6.04 Å². The van der Waals surface area contributed by atoms with Crippen molar-refractivity contribution in [3.8, 4) is 0 Å². The van der Waals surface area contributed by atoms with Crippen LogP contribution in [0.25, 0.3) is 10.8 Å². The van der Waals surface area contributed by atoms with E-state index in [1.807, 2.05) is 49.4 Å². The monoisotopic (exact) mass is 268 g/mol. The number of nitrogens with one attached hydrogen (secondary N) is 1. The summed E-state index contributed by atoms with van der Waals surface area (Å²) in [6, 6.07) is 13.6. The Labute approximate surface area is 117 Å². The van der Waals surface area contributed by atoms with Gasteiger partial charge in [-0.15, -0.1) is 0 Å². The maximum absolute atomic E-state index is 12.1. The molecule has 1 unspecified atom stereocenters. The Morgan fingerprint density at radius 2 is 1.90 bits per heavy atom. The molecule has 1 aliphatic rings. The molecule has 4 nitrogen and oxygen atoms in total. The van der Waals surface area contributed by atoms with Crippen LogP contribution in [0, 0.1) is 0 Å². The highest BCUT2D eigenvalue weighted by atomic mass is 16.2. The van der Waals surface area contributed by atoms with E-state index in [1.165, 1.54) is 4.90 Å². The number of imide groups is 1. The highest BCUT2D eigenvalue weighted by Gasteiger charge is 2.37. The van der Waals surface area contributed by atoms with Gasteiger partial charge in [0.2, 0.25) is 5.91 Å². The van der Waals surface area contributed by atoms with Gasteiger partial charge in [0.05, 0.1) is 6.42 Å². The molecule has 2 aromatic rings. The molecule has 0 bridgehead atoms. The maximum atomic E-state index is 12.1. The molecule has 2 aromatic carbocycles. The Kier molecular flexibility index (Phi) is 3.14. The van der Waals surface area contributed by atoms with Crippen molar-refractivity contribution in [2.75, 3.05) is 11.9 Å². The fraction of sp³-hybridized carbons (Fsp3) is 0.250. The van der Waals surface area contributed by atoms with E-state index in [9.17, 15) is 9.59 Å². The molecule has 4 heteroatoms. The number of rotatable bonds is 3. The van der Waals surface area contributed by atoms with E-state index >= 15 is 0 Å². The average molecular weight is 268 g/mol. The summed E-state index contributed by atoms with van der Waals surface area (Å²) in [6.07, 6.45) is 0.236. The molecule has 1 aliphatic heterocycles. The number of amides is 2. The zero-order chi connectivity index (χ0) is 14.1. The lowest BCUT2D eigenvalue weighted by Gasteiger charge is -2.14. The van der Waals surface area contributed by atoms with Crippen LogP contribution in [0.1, 0.15) is 13.3 Å². The number of hydrogen-bond acceptors (Lipinski definition) is 3. The Balaban J connectivity index is 1.83. The molecular weight excluding hydrogens is 252 g/mol. The molecule has 1 saturated heterocycles. The van der Waals surface area contributed by atoms with Crippen LogP contribution in [-0.4, -0.2) is 29.3 Å². The zero-order valence-corrected chi connectivity index (χ0v) is 11.3. The van der Waals surface area contributed by atoms with Gasteiger partial charge in [-0.25, -0.2) is 0 Å². The number of nitrogens with zero attached hydrogens (tertiary/aromatic N) is 1. The molecule has 1 fully saturated rings. The van der Waals surface area contributed by atoms with Crippen molar-refractivity contribution < 1.29 is 9.59 Å². The fourth-order valence-corrected chi connectivity index (χ4v) is 2.61. The van der Waals surface area contributed by atoms with Crippen molar-refractivity contribution in [1.82, 2.24) is 4.90 Å². The SMILES string of the molecule is CCN1C(=O)CC(Nc2ccc3ccccc3c2)C1=O. The Bertz CT molecular complexity index is 681. The smallest absolute Gasteiger partial charge is 0.252 e. The van der Waals surface area contributed by atoms with Gasteiger partial charge in [0, 0.05) is 12.2 Å². The van der Waals surface area contributed by atoms with E-state index in [0.717, 1.165) is 16.5 Å². The van der Waals surface area contributed by atoms with E-state index in [2.05, 4.69) is 5.32 Å². The number of fused-ring (bicyclic) bond motifs is 1. The Morgan fingerprint density at radius 1 is 1.15 bits per heavy atom. The number of anilines is 1. The third kappa shape index (κ3) is 2.13. The molecule has 102 valence electrons. The summed E-state index contributed by atoms with van der Waals surface area (Å²) < 4.78 is 0. The zero-order valence-electron chi connectivity index (χ0n) is 11.3. The largest absolute Gasteiger partial charge is 0.373 e. The number of hydrogen-bond donors (Lipinski definition) is 1. The van der Waals surface area contributed by atoms with Crippen molar-refractivity contribution >= 4 is 28.3 Å². The number of likely N-dealkylation sites (N-methyl/N-ethyl adjacent to an activating group) is 1. The van der Waals surface area contributed by atoms with Gasteiger partial charge in [0.25, 0.3) is 5.91 Å². The minimum Gasteiger partial charge on any atom is -0.373 e. The third-order valence-electron chi connectivity index (χ3n) is 3.65. The second-order valence-corrected chi connectivity index (χ2v) is 4.94. The second kappa shape index (κ2) is 4.96. The molecule has 20 heavy (non-hydrogen) atoms. The third-order valence-corrected chi connectivity index (χ3v) is 3.65. The van der Waals surface area contributed by atoms with Crippen LogP contribution in [0.5, 0.6) is 0 Å². The molecule has 1 heterocycles. The number of carbonyl (C=O) groups excluding carboxylic acids is 2. The topological polar surface area (TPSA) is 49.4 Å². The van der Waals surface area contributed by atoms with Crippen LogP contribution in [0.2, 0.25) is 0 Å². The quantitative estimate of drug-likeness (QED) is 0.870. The van der Waals surface area contributed by atoms with E-state index in [-0.39, 0.29) is 18.2 Å². The van der Waals surface area contributed by atoms with Crippen molar-refractivity contribution in [2.24, 2.45) is 0 Å². The molecule has 1 atom stereocenters. The summed E-state index contributed by atoms with van der Waals surface area (Å²) in [5, 5.41) is 5.43. The molecule has 1 N–H and O–H groups in total. The van der Waals surface area contributed by atoms with Gasteiger partial charge in [-0.05, 0) is 29.8 Å². The van der Waals surface area contributed by atoms with E-state index in [1.54, 1.807) is 0 Å². The number of benzene rings is 2. The van der Waals surface area contributed by atoms with Gasteiger partial charge in [0.15, 0.2) is 0 Å². The van der Waals surface area contributed by atoms with Crippen LogP contribution in [0.3, 0.4) is 0 Å². The van der Waals surface area contributed by atoms with Crippen LogP contribution < -0.4 is 5.32 Å². The summed E-state index contributed by atoms with van der Waals surface area (Å²) >= 11 is 0. The molecule has 0 aliphatic carbocycles. The molecule has 0 saturated carbocycles. The predicted molar refractivity (Wildman–Crippen MR) is 78.4 cm³/mol.